The highest BCUT2D eigenvalue weighted by Crippen LogP contribution is 2.36. The summed E-state index contributed by atoms with van der Waals surface area (Å²) < 4.78 is 0. The maximum atomic E-state index is 12.2. The van der Waals surface area contributed by atoms with Gasteiger partial charge in [-0.2, -0.15) is 0 Å². The first-order valence-electron chi connectivity index (χ1n) is 6.87. The molecule has 1 unspecified atom stereocenters. The number of rotatable bonds is 2. The zero-order valence-corrected chi connectivity index (χ0v) is 13.8. The van der Waals surface area contributed by atoms with Crippen molar-refractivity contribution in [3.05, 3.63) is 50.9 Å². The van der Waals surface area contributed by atoms with Crippen LogP contribution in [0.3, 0.4) is 0 Å². The topological polar surface area (TPSA) is 61.7 Å². The van der Waals surface area contributed by atoms with Crippen LogP contribution in [0.15, 0.2) is 29.3 Å². The molecule has 2 N–H and O–H groups in total. The number of nitrogens with one attached hydrogen (secondary N) is 1. The molecule has 4 nitrogen and oxygen atoms in total. The maximum Gasteiger partial charge on any atom is 0.252 e. The van der Waals surface area contributed by atoms with E-state index in [4.69, 9.17) is 11.6 Å². The van der Waals surface area contributed by atoms with Gasteiger partial charge in [0.05, 0.1) is 12.3 Å². The van der Waals surface area contributed by atoms with Crippen molar-refractivity contribution >= 4 is 39.6 Å². The summed E-state index contributed by atoms with van der Waals surface area (Å²) in [5.41, 5.74) is 3.61. The molecular formula is C16H15ClN2O2S. The molecule has 1 aliphatic rings. The van der Waals surface area contributed by atoms with Crippen LogP contribution in [-0.2, 0) is 4.79 Å². The molecule has 114 valence electrons. The molecule has 0 bridgehead atoms. The monoisotopic (exact) mass is 334 g/mol. The highest BCUT2D eigenvalue weighted by molar-refractivity contribution is 7.17. The fourth-order valence-corrected chi connectivity index (χ4v) is 3.62. The SMILES string of the molecule is Cc1sc2c(c1C)C(c1ccc(Cl)cc1)=NC(CO)C(=O)N2. The molecule has 2 aromatic rings. The predicted octanol–water partition coefficient (Wildman–Crippen LogP) is 3.17. The van der Waals surface area contributed by atoms with Gasteiger partial charge in [0.1, 0.15) is 5.00 Å². The number of amides is 1. The molecule has 1 aromatic carbocycles. The van der Waals surface area contributed by atoms with Gasteiger partial charge in [-0.05, 0) is 31.5 Å². The van der Waals surface area contributed by atoms with Crippen molar-refractivity contribution in [3.8, 4) is 0 Å². The van der Waals surface area contributed by atoms with Crippen molar-refractivity contribution in [2.24, 2.45) is 4.99 Å². The average Bonchev–Trinajstić information content (AvgIpc) is 2.68. The van der Waals surface area contributed by atoms with Crippen LogP contribution in [0.2, 0.25) is 5.02 Å². The molecule has 0 spiro atoms. The first-order valence-corrected chi connectivity index (χ1v) is 8.06. The number of fused-ring (bicyclic) bond motifs is 1. The van der Waals surface area contributed by atoms with Crippen molar-refractivity contribution in [1.82, 2.24) is 0 Å². The molecule has 1 amide bonds. The van der Waals surface area contributed by atoms with Gasteiger partial charge >= 0.3 is 0 Å². The normalized spacial score (nSPS) is 17.5. The highest BCUT2D eigenvalue weighted by Gasteiger charge is 2.28. The van der Waals surface area contributed by atoms with E-state index in [9.17, 15) is 9.90 Å². The molecule has 3 rings (SSSR count). The number of anilines is 1. The van der Waals surface area contributed by atoms with Gasteiger partial charge in [0, 0.05) is 21.0 Å². The standard InChI is InChI=1S/C16H15ClN2O2S/c1-8-9(2)22-16-13(8)14(10-3-5-11(17)6-4-10)18-12(7-20)15(21)19-16/h3-6,12,20H,7H2,1-2H3,(H,19,21). The molecule has 0 aliphatic carbocycles. The number of thiophene rings is 1. The van der Waals surface area contributed by atoms with Gasteiger partial charge in [0.2, 0.25) is 0 Å². The summed E-state index contributed by atoms with van der Waals surface area (Å²) in [6.45, 7) is 3.71. The number of hydrogen-bond donors (Lipinski definition) is 2. The summed E-state index contributed by atoms with van der Waals surface area (Å²) in [6.07, 6.45) is 0. The van der Waals surface area contributed by atoms with Gasteiger partial charge < -0.3 is 10.4 Å². The van der Waals surface area contributed by atoms with E-state index >= 15 is 0 Å². The first-order chi connectivity index (χ1) is 10.5. The van der Waals surface area contributed by atoms with Crippen molar-refractivity contribution < 1.29 is 9.90 Å². The second-order valence-corrected chi connectivity index (χ2v) is 6.82. The fourth-order valence-electron chi connectivity index (χ4n) is 2.42. The summed E-state index contributed by atoms with van der Waals surface area (Å²) in [7, 11) is 0. The molecule has 1 aliphatic heterocycles. The minimum absolute atomic E-state index is 0.283. The summed E-state index contributed by atoms with van der Waals surface area (Å²) in [5, 5.41) is 13.8. The third kappa shape index (κ3) is 2.56. The number of nitrogens with zero attached hydrogens (tertiary/aromatic N) is 1. The number of aliphatic imine (C=N–C) groups is 1. The Balaban J connectivity index is 2.23. The van der Waals surface area contributed by atoms with Gasteiger partial charge in [-0.3, -0.25) is 9.79 Å². The highest BCUT2D eigenvalue weighted by atomic mass is 35.5. The van der Waals surface area contributed by atoms with Crippen molar-refractivity contribution in [1.29, 1.82) is 0 Å². The molecule has 2 heterocycles. The van der Waals surface area contributed by atoms with Crippen LogP contribution in [0.1, 0.15) is 21.6 Å². The Bertz CT molecular complexity index is 765. The van der Waals surface area contributed by atoms with Crippen LogP contribution in [-0.4, -0.2) is 29.4 Å². The summed E-state index contributed by atoms with van der Waals surface area (Å²) in [4.78, 5) is 17.8. The number of aryl methyl sites for hydroxylation is 1. The zero-order chi connectivity index (χ0) is 15.9. The van der Waals surface area contributed by atoms with Crippen LogP contribution in [0.4, 0.5) is 5.00 Å². The van der Waals surface area contributed by atoms with E-state index in [0.717, 1.165) is 26.6 Å². The van der Waals surface area contributed by atoms with Gasteiger partial charge in [-0.15, -0.1) is 11.3 Å². The van der Waals surface area contributed by atoms with Gasteiger partial charge in [-0.1, -0.05) is 23.7 Å². The van der Waals surface area contributed by atoms with Crippen LogP contribution in [0.5, 0.6) is 0 Å². The van der Waals surface area contributed by atoms with E-state index in [-0.39, 0.29) is 12.5 Å². The Morgan fingerprint density at radius 2 is 2.00 bits per heavy atom. The van der Waals surface area contributed by atoms with Crippen molar-refractivity contribution in [3.63, 3.8) is 0 Å². The molecule has 0 radical (unpaired) electrons. The van der Waals surface area contributed by atoms with Crippen LogP contribution in [0.25, 0.3) is 0 Å². The summed E-state index contributed by atoms with van der Waals surface area (Å²) in [6, 6.07) is 6.54. The second-order valence-electron chi connectivity index (χ2n) is 5.16. The Hall–Kier alpha value is -1.69. The van der Waals surface area contributed by atoms with E-state index in [1.54, 1.807) is 12.1 Å². The van der Waals surface area contributed by atoms with E-state index < -0.39 is 6.04 Å². The smallest absolute Gasteiger partial charge is 0.252 e. The third-order valence-electron chi connectivity index (χ3n) is 3.74. The second kappa shape index (κ2) is 5.83. The lowest BCUT2D eigenvalue weighted by atomic mass is 10.00. The Labute approximate surface area is 137 Å². The van der Waals surface area contributed by atoms with Gasteiger partial charge in [0.15, 0.2) is 6.04 Å². The molecule has 0 saturated carbocycles. The molecule has 22 heavy (non-hydrogen) atoms. The van der Waals surface area contributed by atoms with Crippen LogP contribution in [0, 0.1) is 13.8 Å². The molecular weight excluding hydrogens is 320 g/mol. The van der Waals surface area contributed by atoms with E-state index in [1.807, 2.05) is 26.0 Å². The number of hydrogen-bond acceptors (Lipinski definition) is 4. The lowest BCUT2D eigenvalue weighted by Crippen LogP contribution is -2.28. The van der Waals surface area contributed by atoms with Gasteiger partial charge in [-0.25, -0.2) is 0 Å². The Morgan fingerprint density at radius 3 is 2.64 bits per heavy atom. The maximum absolute atomic E-state index is 12.2. The average molecular weight is 335 g/mol. The number of carbonyl (C=O) groups excluding carboxylic acids is 1. The summed E-state index contributed by atoms with van der Waals surface area (Å²) >= 11 is 7.48. The Morgan fingerprint density at radius 1 is 1.32 bits per heavy atom. The first kappa shape index (κ1) is 15.2. The lowest BCUT2D eigenvalue weighted by Gasteiger charge is -2.09. The molecule has 1 aromatic heterocycles. The third-order valence-corrected chi connectivity index (χ3v) is 5.11. The van der Waals surface area contributed by atoms with Crippen LogP contribution >= 0.6 is 22.9 Å². The quantitative estimate of drug-likeness (QED) is 0.886. The number of aliphatic hydroxyl groups is 1. The van der Waals surface area contributed by atoms with E-state index in [0.29, 0.717) is 10.7 Å². The van der Waals surface area contributed by atoms with Crippen molar-refractivity contribution in [2.45, 2.75) is 19.9 Å². The van der Waals surface area contributed by atoms with E-state index in [1.165, 1.54) is 11.3 Å². The largest absolute Gasteiger partial charge is 0.394 e. The summed E-state index contributed by atoms with van der Waals surface area (Å²) in [5.74, 6) is -0.283. The zero-order valence-electron chi connectivity index (χ0n) is 12.2. The van der Waals surface area contributed by atoms with E-state index in [2.05, 4.69) is 10.3 Å². The Kier molecular flexibility index (Phi) is 4.04. The molecule has 6 heteroatoms. The number of carbonyl (C=O) groups is 1. The molecule has 0 fully saturated rings. The number of aliphatic hydroxyl groups excluding tert-OH is 1. The molecule has 1 atom stereocenters. The minimum Gasteiger partial charge on any atom is -0.394 e. The molecule has 0 saturated heterocycles. The lowest BCUT2D eigenvalue weighted by molar-refractivity contribution is -0.118. The number of halogens is 1. The predicted molar refractivity (Wildman–Crippen MR) is 90.4 cm³/mol. The fraction of sp³-hybridized carbons (Fsp3) is 0.250. The minimum atomic E-state index is -0.801. The van der Waals surface area contributed by atoms with Crippen molar-refractivity contribution in [2.75, 3.05) is 11.9 Å². The van der Waals surface area contributed by atoms with Gasteiger partial charge in [0.25, 0.3) is 5.91 Å². The number of benzene rings is 1. The van der Waals surface area contributed by atoms with Crippen LogP contribution < -0.4 is 5.32 Å².